The minimum atomic E-state index is 0.126. The van der Waals surface area contributed by atoms with Crippen molar-refractivity contribution in [1.82, 2.24) is 9.88 Å². The van der Waals surface area contributed by atoms with Crippen LogP contribution >= 0.6 is 0 Å². The van der Waals surface area contributed by atoms with E-state index in [-0.39, 0.29) is 6.10 Å². The molecule has 0 aliphatic carbocycles. The van der Waals surface area contributed by atoms with E-state index in [4.69, 9.17) is 9.72 Å². The highest BCUT2D eigenvalue weighted by molar-refractivity contribution is 5.82. The summed E-state index contributed by atoms with van der Waals surface area (Å²) in [6, 6.07) is 17.3. The van der Waals surface area contributed by atoms with Gasteiger partial charge in [-0.2, -0.15) is 0 Å². The summed E-state index contributed by atoms with van der Waals surface area (Å²) < 4.78 is 6.15. The molecule has 3 aromatic rings. The summed E-state index contributed by atoms with van der Waals surface area (Å²) >= 11 is 0. The number of fused-ring (bicyclic) bond motifs is 2. The standard InChI is InChI=1S/C22H24N2O/c1-15-9-19-11-20-14-24(13-18-7-5-4-6-8-18)12-17(3)25-22(20)23-21(19)10-16(15)2/h4-11,17H,12-14H2,1-3H3/t17-/m0/s1. The van der Waals surface area contributed by atoms with Gasteiger partial charge < -0.3 is 4.74 Å². The molecule has 0 unspecified atom stereocenters. The number of rotatable bonds is 2. The molecule has 25 heavy (non-hydrogen) atoms. The van der Waals surface area contributed by atoms with Crippen molar-refractivity contribution in [2.45, 2.75) is 40.0 Å². The Kier molecular flexibility index (Phi) is 4.18. The first kappa shape index (κ1) is 16.1. The van der Waals surface area contributed by atoms with Crippen molar-refractivity contribution in [2.75, 3.05) is 6.54 Å². The second kappa shape index (κ2) is 6.49. The molecular weight excluding hydrogens is 308 g/mol. The second-order valence-corrected chi connectivity index (χ2v) is 7.17. The number of nitrogens with zero attached hydrogens (tertiary/aromatic N) is 2. The molecule has 3 nitrogen and oxygen atoms in total. The smallest absolute Gasteiger partial charge is 0.218 e. The third-order valence-corrected chi connectivity index (χ3v) is 4.94. The molecule has 1 atom stereocenters. The van der Waals surface area contributed by atoms with Crippen LogP contribution in [-0.4, -0.2) is 22.5 Å². The molecule has 0 bridgehead atoms. The van der Waals surface area contributed by atoms with E-state index in [1.165, 1.54) is 27.6 Å². The topological polar surface area (TPSA) is 25.4 Å². The Hall–Kier alpha value is -2.39. The summed E-state index contributed by atoms with van der Waals surface area (Å²) in [6.45, 7) is 9.11. The van der Waals surface area contributed by atoms with Crippen molar-refractivity contribution >= 4 is 10.9 Å². The number of hydrogen-bond acceptors (Lipinski definition) is 3. The van der Waals surface area contributed by atoms with Crippen LogP contribution in [0.15, 0.2) is 48.5 Å². The van der Waals surface area contributed by atoms with Crippen molar-refractivity contribution in [3.8, 4) is 5.88 Å². The van der Waals surface area contributed by atoms with Gasteiger partial charge in [-0.05, 0) is 55.7 Å². The minimum Gasteiger partial charge on any atom is -0.473 e. The van der Waals surface area contributed by atoms with Crippen LogP contribution in [0.3, 0.4) is 0 Å². The number of pyridine rings is 1. The fourth-order valence-corrected chi connectivity index (χ4v) is 3.54. The highest BCUT2D eigenvalue weighted by Gasteiger charge is 2.22. The van der Waals surface area contributed by atoms with E-state index in [0.717, 1.165) is 31.0 Å². The Morgan fingerprint density at radius 1 is 1.08 bits per heavy atom. The van der Waals surface area contributed by atoms with Crippen molar-refractivity contribution in [3.63, 3.8) is 0 Å². The van der Waals surface area contributed by atoms with E-state index in [0.29, 0.717) is 0 Å². The molecule has 1 aliphatic rings. The lowest BCUT2D eigenvalue weighted by molar-refractivity contribution is 0.153. The van der Waals surface area contributed by atoms with Gasteiger partial charge in [-0.15, -0.1) is 0 Å². The first-order valence-electron chi connectivity index (χ1n) is 8.92. The first-order valence-corrected chi connectivity index (χ1v) is 8.92. The summed E-state index contributed by atoms with van der Waals surface area (Å²) in [5, 5.41) is 1.19. The van der Waals surface area contributed by atoms with Crippen molar-refractivity contribution in [3.05, 3.63) is 70.8 Å². The summed E-state index contributed by atoms with van der Waals surface area (Å²) in [5.74, 6) is 0.791. The second-order valence-electron chi connectivity index (χ2n) is 7.17. The highest BCUT2D eigenvalue weighted by atomic mass is 16.5. The maximum absolute atomic E-state index is 6.15. The average molecular weight is 332 g/mol. The van der Waals surface area contributed by atoms with Crippen LogP contribution in [0.25, 0.3) is 10.9 Å². The molecule has 1 aliphatic heterocycles. The summed E-state index contributed by atoms with van der Waals surface area (Å²) in [5.41, 5.74) is 6.10. The van der Waals surface area contributed by atoms with Crippen LogP contribution < -0.4 is 4.74 Å². The van der Waals surface area contributed by atoms with Crippen molar-refractivity contribution < 1.29 is 4.74 Å². The number of aryl methyl sites for hydroxylation is 2. The van der Waals surface area contributed by atoms with Gasteiger partial charge in [-0.1, -0.05) is 30.3 Å². The van der Waals surface area contributed by atoms with Gasteiger partial charge in [0, 0.05) is 30.6 Å². The van der Waals surface area contributed by atoms with Gasteiger partial charge in [0.15, 0.2) is 0 Å². The molecular formula is C22H24N2O. The molecule has 2 aromatic carbocycles. The zero-order valence-corrected chi connectivity index (χ0v) is 15.1. The molecule has 128 valence electrons. The van der Waals surface area contributed by atoms with Crippen molar-refractivity contribution in [2.24, 2.45) is 0 Å². The maximum Gasteiger partial charge on any atom is 0.218 e. The molecule has 0 saturated carbocycles. The van der Waals surface area contributed by atoms with Gasteiger partial charge in [0.25, 0.3) is 0 Å². The Labute approximate surface area is 149 Å². The van der Waals surface area contributed by atoms with Gasteiger partial charge in [0.2, 0.25) is 5.88 Å². The molecule has 3 heteroatoms. The molecule has 0 N–H and O–H groups in total. The van der Waals surface area contributed by atoms with Gasteiger partial charge in [-0.3, -0.25) is 4.90 Å². The van der Waals surface area contributed by atoms with E-state index in [2.05, 4.69) is 74.2 Å². The predicted octanol–water partition coefficient (Wildman–Crippen LogP) is 4.63. The van der Waals surface area contributed by atoms with Gasteiger partial charge in [-0.25, -0.2) is 4.98 Å². The third kappa shape index (κ3) is 3.38. The lowest BCUT2D eigenvalue weighted by Crippen LogP contribution is -2.30. The van der Waals surface area contributed by atoms with Crippen molar-refractivity contribution in [1.29, 1.82) is 0 Å². The molecule has 0 saturated heterocycles. The quantitative estimate of drug-likeness (QED) is 0.684. The Balaban J connectivity index is 1.70. The van der Waals surface area contributed by atoms with E-state index in [1.807, 2.05) is 0 Å². The number of ether oxygens (including phenoxy) is 1. The highest BCUT2D eigenvalue weighted by Crippen LogP contribution is 2.29. The molecule has 0 fully saturated rings. The first-order chi connectivity index (χ1) is 12.1. The number of aromatic nitrogens is 1. The Morgan fingerprint density at radius 2 is 1.84 bits per heavy atom. The SMILES string of the molecule is Cc1cc2cc3c(nc2cc1C)O[C@@H](C)CN(Cc1ccccc1)C3. The van der Waals surface area contributed by atoms with Crippen LogP contribution in [-0.2, 0) is 13.1 Å². The molecule has 0 radical (unpaired) electrons. The predicted molar refractivity (Wildman–Crippen MR) is 102 cm³/mol. The molecule has 1 aromatic heterocycles. The van der Waals surface area contributed by atoms with Crippen LogP contribution in [0.5, 0.6) is 5.88 Å². The molecule has 0 amide bonds. The zero-order chi connectivity index (χ0) is 17.4. The minimum absolute atomic E-state index is 0.126. The van der Waals surface area contributed by atoms with E-state index in [1.54, 1.807) is 0 Å². The van der Waals surface area contributed by atoms with Crippen LogP contribution in [0.2, 0.25) is 0 Å². The summed E-state index contributed by atoms with van der Waals surface area (Å²) in [6.07, 6.45) is 0.126. The Bertz CT molecular complexity index is 905. The Morgan fingerprint density at radius 3 is 2.64 bits per heavy atom. The van der Waals surface area contributed by atoms with Gasteiger partial charge in [0.05, 0.1) is 5.52 Å². The van der Waals surface area contributed by atoms with E-state index >= 15 is 0 Å². The van der Waals surface area contributed by atoms with Gasteiger partial charge >= 0.3 is 0 Å². The summed E-state index contributed by atoms with van der Waals surface area (Å²) in [4.78, 5) is 7.27. The lowest BCUT2D eigenvalue weighted by Gasteiger charge is -2.21. The fourth-order valence-electron chi connectivity index (χ4n) is 3.54. The number of hydrogen-bond donors (Lipinski definition) is 0. The molecule has 0 spiro atoms. The maximum atomic E-state index is 6.15. The van der Waals surface area contributed by atoms with Crippen LogP contribution in [0.1, 0.15) is 29.2 Å². The summed E-state index contributed by atoms with van der Waals surface area (Å²) in [7, 11) is 0. The zero-order valence-electron chi connectivity index (χ0n) is 15.1. The van der Waals surface area contributed by atoms with E-state index in [9.17, 15) is 0 Å². The average Bonchev–Trinajstić information content (AvgIpc) is 2.72. The normalized spacial score (nSPS) is 17.8. The molecule has 4 rings (SSSR count). The fraction of sp³-hybridized carbons (Fsp3) is 0.318. The molecule has 2 heterocycles. The van der Waals surface area contributed by atoms with Gasteiger partial charge in [0.1, 0.15) is 6.10 Å². The monoisotopic (exact) mass is 332 g/mol. The number of benzene rings is 2. The lowest BCUT2D eigenvalue weighted by atomic mass is 10.0. The van der Waals surface area contributed by atoms with Crippen LogP contribution in [0, 0.1) is 13.8 Å². The van der Waals surface area contributed by atoms with E-state index < -0.39 is 0 Å². The third-order valence-electron chi connectivity index (χ3n) is 4.94. The van der Waals surface area contributed by atoms with Crippen LogP contribution in [0.4, 0.5) is 0 Å². The largest absolute Gasteiger partial charge is 0.473 e.